The average molecular weight is 410 g/mol. The van der Waals surface area contributed by atoms with Gasteiger partial charge in [-0.2, -0.15) is 0 Å². The smallest absolute Gasteiger partial charge is 0.181 e. The van der Waals surface area contributed by atoms with E-state index in [1.54, 1.807) is 19.2 Å². The second-order valence-corrected chi connectivity index (χ2v) is 8.10. The molecule has 30 heavy (non-hydrogen) atoms. The molecule has 0 bridgehead atoms. The Balaban J connectivity index is 1.65. The highest BCUT2D eigenvalue weighted by molar-refractivity contribution is 6.08. The lowest BCUT2D eigenvalue weighted by molar-refractivity contribution is 0.0547. The summed E-state index contributed by atoms with van der Waals surface area (Å²) in [6, 6.07) is 4.92. The summed E-state index contributed by atoms with van der Waals surface area (Å²) < 4.78 is 28.8. The van der Waals surface area contributed by atoms with Crippen LogP contribution in [0, 0.1) is 0 Å². The molecule has 0 fully saturated rings. The van der Waals surface area contributed by atoms with E-state index in [0.29, 0.717) is 39.9 Å². The molecular weight excluding hydrogens is 388 g/mol. The normalized spacial score (nSPS) is 22.3. The third-order valence-corrected chi connectivity index (χ3v) is 5.71. The van der Waals surface area contributed by atoms with Crippen LogP contribution in [-0.2, 0) is 0 Å². The molecule has 0 unspecified atom stereocenters. The molecule has 0 aromatic heterocycles. The van der Waals surface area contributed by atoms with Gasteiger partial charge in [0.15, 0.2) is 17.3 Å². The van der Waals surface area contributed by atoms with Crippen LogP contribution in [0.1, 0.15) is 41.3 Å². The Morgan fingerprint density at radius 3 is 2.57 bits per heavy atom. The van der Waals surface area contributed by atoms with Gasteiger partial charge in [0.05, 0.1) is 25.7 Å². The summed E-state index contributed by atoms with van der Waals surface area (Å²) in [5.74, 6) is 1.34. The van der Waals surface area contributed by atoms with Crippen molar-refractivity contribution in [2.45, 2.75) is 31.5 Å². The van der Waals surface area contributed by atoms with Crippen LogP contribution in [0.4, 0.5) is 0 Å². The molecule has 3 heterocycles. The highest BCUT2D eigenvalue weighted by Crippen LogP contribution is 2.52. The molecule has 0 aliphatic carbocycles. The Kier molecular flexibility index (Phi) is 3.93. The second kappa shape index (κ2) is 6.32. The standard InChI is InChI=1S/C23H22O7/c1-23(2)6-5-11-15(30-23)8-13(24)20-21(25)19-12-7-16(26-3)17(27-4)9-14(12)28-10-18(19)29-22(11)20/h5-9,18-19,24H,10H2,1-4H3/t18-,19+/m0/s1. The van der Waals surface area contributed by atoms with Crippen molar-refractivity contribution in [2.24, 2.45) is 0 Å². The summed E-state index contributed by atoms with van der Waals surface area (Å²) in [7, 11) is 3.07. The number of hydrogen-bond acceptors (Lipinski definition) is 7. The first-order valence-corrected chi connectivity index (χ1v) is 9.71. The number of fused-ring (bicyclic) bond motifs is 6. The van der Waals surface area contributed by atoms with Gasteiger partial charge in [0.25, 0.3) is 0 Å². The van der Waals surface area contributed by atoms with Crippen molar-refractivity contribution in [3.05, 3.63) is 41.0 Å². The van der Waals surface area contributed by atoms with Crippen LogP contribution >= 0.6 is 0 Å². The van der Waals surface area contributed by atoms with Gasteiger partial charge in [-0.25, -0.2) is 0 Å². The van der Waals surface area contributed by atoms with Crippen molar-refractivity contribution in [1.29, 1.82) is 0 Å². The number of Topliss-reactive ketones (excluding diaryl/α,β-unsaturated/α-hetero) is 1. The number of methoxy groups -OCH3 is 2. The van der Waals surface area contributed by atoms with Crippen LogP contribution in [0.15, 0.2) is 24.3 Å². The molecule has 0 spiro atoms. The van der Waals surface area contributed by atoms with Gasteiger partial charge in [-0.3, -0.25) is 4.79 Å². The molecule has 2 aromatic rings. The number of hydrogen-bond donors (Lipinski definition) is 1. The fourth-order valence-electron chi connectivity index (χ4n) is 4.27. The molecule has 0 saturated heterocycles. The van der Waals surface area contributed by atoms with Crippen LogP contribution in [0.2, 0.25) is 0 Å². The van der Waals surface area contributed by atoms with Gasteiger partial charge < -0.3 is 28.8 Å². The van der Waals surface area contributed by atoms with Crippen molar-refractivity contribution in [2.75, 3.05) is 20.8 Å². The van der Waals surface area contributed by atoms with Gasteiger partial charge in [-0.05, 0) is 32.1 Å². The summed E-state index contributed by atoms with van der Waals surface area (Å²) in [5, 5.41) is 10.7. The number of carbonyl (C=O) groups is 1. The summed E-state index contributed by atoms with van der Waals surface area (Å²) in [5.41, 5.74) is 0.930. The summed E-state index contributed by atoms with van der Waals surface area (Å²) in [6.07, 6.45) is 3.23. The molecule has 1 N–H and O–H groups in total. The maximum Gasteiger partial charge on any atom is 0.181 e. The fraction of sp³-hybridized carbons (Fsp3) is 0.348. The predicted octanol–water partition coefficient (Wildman–Crippen LogP) is 3.71. The number of ketones is 1. The van der Waals surface area contributed by atoms with E-state index in [2.05, 4.69) is 0 Å². The minimum absolute atomic E-state index is 0.158. The summed E-state index contributed by atoms with van der Waals surface area (Å²) in [4.78, 5) is 13.6. The Morgan fingerprint density at radius 2 is 1.83 bits per heavy atom. The van der Waals surface area contributed by atoms with Crippen molar-refractivity contribution in [1.82, 2.24) is 0 Å². The van der Waals surface area contributed by atoms with E-state index in [1.165, 1.54) is 13.2 Å². The zero-order chi connectivity index (χ0) is 21.2. The maximum atomic E-state index is 13.6. The number of aromatic hydroxyl groups is 1. The van der Waals surface area contributed by atoms with Crippen LogP contribution in [0.5, 0.6) is 34.5 Å². The molecule has 0 radical (unpaired) electrons. The quantitative estimate of drug-likeness (QED) is 0.808. The first-order valence-electron chi connectivity index (χ1n) is 9.71. The van der Waals surface area contributed by atoms with Crippen LogP contribution in [0.25, 0.3) is 6.08 Å². The predicted molar refractivity (Wildman–Crippen MR) is 108 cm³/mol. The molecule has 7 nitrogen and oxygen atoms in total. The minimum atomic E-state index is -0.630. The Labute approximate surface area is 173 Å². The van der Waals surface area contributed by atoms with E-state index >= 15 is 0 Å². The molecule has 156 valence electrons. The zero-order valence-corrected chi connectivity index (χ0v) is 17.1. The Morgan fingerprint density at radius 1 is 1.10 bits per heavy atom. The molecule has 2 aromatic carbocycles. The van der Waals surface area contributed by atoms with Gasteiger partial charge >= 0.3 is 0 Å². The first-order chi connectivity index (χ1) is 14.3. The highest BCUT2D eigenvalue weighted by Gasteiger charge is 2.46. The largest absolute Gasteiger partial charge is 0.507 e. The van der Waals surface area contributed by atoms with Crippen LogP contribution < -0.4 is 23.7 Å². The number of rotatable bonds is 2. The molecule has 0 saturated carbocycles. The Bertz CT molecular complexity index is 1100. The van der Waals surface area contributed by atoms with Gasteiger partial charge in [-0.15, -0.1) is 0 Å². The highest BCUT2D eigenvalue weighted by atomic mass is 16.5. The molecular formula is C23H22O7. The summed E-state index contributed by atoms with van der Waals surface area (Å²) in [6.45, 7) is 4.02. The van der Waals surface area contributed by atoms with Crippen molar-refractivity contribution < 1.29 is 33.6 Å². The average Bonchev–Trinajstić information content (AvgIpc) is 2.71. The van der Waals surface area contributed by atoms with Gasteiger partial charge in [-0.1, -0.05) is 0 Å². The second-order valence-electron chi connectivity index (χ2n) is 8.10. The van der Waals surface area contributed by atoms with E-state index in [0.717, 1.165) is 0 Å². The zero-order valence-electron chi connectivity index (χ0n) is 17.1. The maximum absolute atomic E-state index is 13.6. The van der Waals surface area contributed by atoms with Crippen molar-refractivity contribution in [3.63, 3.8) is 0 Å². The lowest BCUT2D eigenvalue weighted by Gasteiger charge is -2.39. The van der Waals surface area contributed by atoms with Crippen LogP contribution in [0.3, 0.4) is 0 Å². The van der Waals surface area contributed by atoms with Crippen LogP contribution in [-0.4, -0.2) is 43.4 Å². The van der Waals surface area contributed by atoms with Gasteiger partial charge in [0.2, 0.25) is 0 Å². The van der Waals surface area contributed by atoms with E-state index in [1.807, 2.05) is 26.0 Å². The third kappa shape index (κ3) is 2.61. The van der Waals surface area contributed by atoms with Crippen molar-refractivity contribution in [3.8, 4) is 34.5 Å². The topological polar surface area (TPSA) is 83.5 Å². The monoisotopic (exact) mass is 410 g/mol. The minimum Gasteiger partial charge on any atom is -0.507 e. The lowest BCUT2D eigenvalue weighted by atomic mass is 9.80. The SMILES string of the molecule is COc1cc2c(cc1OC)[C@H]1C(=O)c3c(O)cc4c(c3O[C@H]1CO2)C=CC(C)(C)O4. The number of ether oxygens (including phenoxy) is 5. The lowest BCUT2D eigenvalue weighted by Crippen LogP contribution is -2.43. The molecule has 7 heteroatoms. The first kappa shape index (κ1) is 18.7. The Hall–Kier alpha value is -3.35. The molecule has 3 aliphatic rings. The van der Waals surface area contributed by atoms with E-state index in [4.69, 9.17) is 23.7 Å². The number of carbonyl (C=O) groups excluding carboxylic acids is 1. The summed E-state index contributed by atoms with van der Waals surface area (Å²) >= 11 is 0. The molecule has 2 atom stereocenters. The number of phenolic OH excluding ortho intramolecular Hbond substituents is 1. The van der Waals surface area contributed by atoms with Gasteiger partial charge in [0.1, 0.15) is 46.9 Å². The molecule has 0 amide bonds. The van der Waals surface area contributed by atoms with E-state index < -0.39 is 17.6 Å². The number of phenols is 1. The van der Waals surface area contributed by atoms with E-state index in [-0.39, 0.29) is 23.7 Å². The van der Waals surface area contributed by atoms with Crippen molar-refractivity contribution >= 4 is 11.9 Å². The molecule has 5 rings (SSSR count). The molecule has 3 aliphatic heterocycles. The van der Waals surface area contributed by atoms with E-state index in [9.17, 15) is 9.90 Å². The fourth-order valence-corrected chi connectivity index (χ4v) is 4.27. The third-order valence-electron chi connectivity index (χ3n) is 5.71. The van der Waals surface area contributed by atoms with Gasteiger partial charge in [0, 0.05) is 17.7 Å². The number of benzene rings is 2.